The van der Waals surface area contributed by atoms with E-state index >= 15 is 0 Å². The molecule has 142 valence electrons. The van der Waals surface area contributed by atoms with Crippen molar-refractivity contribution in [1.82, 2.24) is 9.97 Å². The number of hydrogen-bond acceptors (Lipinski definition) is 8. The number of anilines is 1. The van der Waals surface area contributed by atoms with Crippen LogP contribution in [0, 0.1) is 0 Å². The molecule has 3 aromatic rings. The van der Waals surface area contributed by atoms with Crippen LogP contribution in [-0.4, -0.2) is 35.2 Å². The Hall–Kier alpha value is -2.04. The number of aliphatic hydroxyl groups is 2. The van der Waals surface area contributed by atoms with Gasteiger partial charge >= 0.3 is 0 Å². The van der Waals surface area contributed by atoms with Gasteiger partial charge in [0.2, 0.25) is 9.84 Å². The first-order valence-corrected chi connectivity index (χ1v) is 10.4. The van der Waals surface area contributed by atoms with Gasteiger partial charge in [0.05, 0.1) is 22.7 Å². The molecule has 2 aromatic heterocycles. The fraction of sp³-hybridized carbons (Fsp3) is 0.176. The number of benzene rings is 1. The first-order valence-electron chi connectivity index (χ1n) is 7.71. The van der Waals surface area contributed by atoms with Crippen molar-refractivity contribution in [3.8, 4) is 10.6 Å². The zero-order valence-corrected chi connectivity index (χ0v) is 16.5. The van der Waals surface area contributed by atoms with Crippen molar-refractivity contribution < 1.29 is 18.6 Å². The Balaban J connectivity index is 1.98. The average molecular weight is 426 g/mol. The third-order valence-electron chi connectivity index (χ3n) is 3.95. The number of hydrogen-bond donors (Lipinski definition) is 3. The number of thiazole rings is 1. The van der Waals surface area contributed by atoms with Crippen LogP contribution in [0.3, 0.4) is 0 Å². The van der Waals surface area contributed by atoms with Crippen molar-refractivity contribution in [2.24, 2.45) is 0 Å². The van der Waals surface area contributed by atoms with Gasteiger partial charge in [-0.2, -0.15) is 0 Å². The Morgan fingerprint density at radius 1 is 1.22 bits per heavy atom. The molecule has 0 spiro atoms. The minimum atomic E-state index is -3.77. The minimum absolute atomic E-state index is 0.0207. The lowest BCUT2D eigenvalue weighted by molar-refractivity contribution is -0.00226. The summed E-state index contributed by atoms with van der Waals surface area (Å²) in [6, 6.07) is 7.55. The quantitative estimate of drug-likeness (QED) is 0.573. The van der Waals surface area contributed by atoms with E-state index in [-0.39, 0.29) is 19.9 Å². The molecule has 1 atom stereocenters. The summed E-state index contributed by atoms with van der Waals surface area (Å²) in [7, 11) is -3.77. The Labute approximate surface area is 165 Å². The predicted molar refractivity (Wildman–Crippen MR) is 103 cm³/mol. The maximum atomic E-state index is 12.7. The lowest BCUT2D eigenvalue weighted by Crippen LogP contribution is -2.25. The van der Waals surface area contributed by atoms with Crippen LogP contribution in [0.2, 0.25) is 5.02 Å². The largest absolute Gasteiger partial charge is 0.393 e. The molecular weight excluding hydrogens is 410 g/mol. The van der Waals surface area contributed by atoms with E-state index in [1.807, 2.05) is 0 Å². The molecule has 0 radical (unpaired) electrons. The number of pyridine rings is 1. The first-order chi connectivity index (χ1) is 12.6. The van der Waals surface area contributed by atoms with Gasteiger partial charge in [0.25, 0.3) is 0 Å². The van der Waals surface area contributed by atoms with Crippen LogP contribution < -0.4 is 5.73 Å². The molecule has 0 aliphatic rings. The highest BCUT2D eigenvalue weighted by molar-refractivity contribution is 7.93. The van der Waals surface area contributed by atoms with Crippen molar-refractivity contribution in [3.63, 3.8) is 0 Å². The van der Waals surface area contributed by atoms with Gasteiger partial charge in [-0.25, -0.2) is 18.4 Å². The van der Waals surface area contributed by atoms with Crippen molar-refractivity contribution >= 4 is 38.6 Å². The van der Waals surface area contributed by atoms with E-state index in [4.69, 9.17) is 17.3 Å². The van der Waals surface area contributed by atoms with Crippen molar-refractivity contribution in [1.29, 1.82) is 0 Å². The second kappa shape index (κ2) is 7.17. The first kappa shape index (κ1) is 19.7. The van der Waals surface area contributed by atoms with Crippen LogP contribution in [0.4, 0.5) is 5.82 Å². The van der Waals surface area contributed by atoms with Crippen molar-refractivity contribution in [2.75, 3.05) is 12.3 Å². The molecule has 1 aromatic carbocycles. The van der Waals surface area contributed by atoms with Gasteiger partial charge in [0.1, 0.15) is 20.6 Å². The van der Waals surface area contributed by atoms with Gasteiger partial charge < -0.3 is 15.9 Å². The molecule has 2 heterocycles. The second-order valence-electron chi connectivity index (χ2n) is 6.03. The third kappa shape index (κ3) is 3.83. The lowest BCUT2D eigenvalue weighted by Gasteiger charge is -2.21. The zero-order valence-electron chi connectivity index (χ0n) is 14.1. The van der Waals surface area contributed by atoms with E-state index in [1.165, 1.54) is 37.5 Å². The minimum Gasteiger partial charge on any atom is -0.393 e. The van der Waals surface area contributed by atoms with Crippen LogP contribution in [0.5, 0.6) is 0 Å². The molecule has 0 unspecified atom stereocenters. The molecule has 0 aliphatic carbocycles. The normalized spacial score (nSPS) is 14.1. The smallest absolute Gasteiger partial charge is 0.219 e. The molecule has 10 heteroatoms. The van der Waals surface area contributed by atoms with Crippen molar-refractivity contribution in [3.05, 3.63) is 53.3 Å². The van der Waals surface area contributed by atoms with Gasteiger partial charge in [-0.3, -0.25) is 0 Å². The van der Waals surface area contributed by atoms with Crippen LogP contribution >= 0.6 is 22.9 Å². The summed E-state index contributed by atoms with van der Waals surface area (Å²) >= 11 is 7.26. The zero-order chi connectivity index (χ0) is 19.8. The molecule has 3 rings (SSSR count). The second-order valence-corrected chi connectivity index (χ2v) is 9.65. The summed E-state index contributed by atoms with van der Waals surface area (Å²) in [6.45, 7) is 1.00. The van der Waals surface area contributed by atoms with E-state index in [0.29, 0.717) is 16.1 Å². The number of halogens is 1. The summed E-state index contributed by atoms with van der Waals surface area (Å²) < 4.78 is 25.4. The maximum Gasteiger partial charge on any atom is 0.219 e. The maximum absolute atomic E-state index is 12.7. The van der Waals surface area contributed by atoms with Gasteiger partial charge in [-0.15, -0.1) is 11.3 Å². The number of nitrogen functional groups attached to an aromatic ring is 1. The number of rotatable bonds is 5. The topological polar surface area (TPSA) is 126 Å². The number of aliphatic hydroxyl groups excluding tert-OH is 1. The molecule has 0 saturated heterocycles. The molecule has 0 fully saturated rings. The SMILES string of the molecule is C[C@@](O)(CO)c1ccc(-c2ncc(S(=O)(=O)c3ccc(N)nc3)s2)c(Cl)c1. The number of aromatic nitrogens is 2. The Morgan fingerprint density at radius 2 is 1.96 bits per heavy atom. The highest BCUT2D eigenvalue weighted by atomic mass is 35.5. The van der Waals surface area contributed by atoms with Gasteiger partial charge in [-0.05, 0) is 30.7 Å². The predicted octanol–water partition coefficient (Wildman–Crippen LogP) is 2.47. The fourth-order valence-corrected chi connectivity index (χ4v) is 5.13. The van der Waals surface area contributed by atoms with E-state index < -0.39 is 22.0 Å². The van der Waals surface area contributed by atoms with Gasteiger partial charge in [-0.1, -0.05) is 23.7 Å². The van der Waals surface area contributed by atoms with Crippen LogP contribution in [0.1, 0.15) is 12.5 Å². The van der Waals surface area contributed by atoms with Crippen LogP contribution in [0.25, 0.3) is 10.6 Å². The molecule has 4 N–H and O–H groups in total. The van der Waals surface area contributed by atoms with E-state index in [2.05, 4.69) is 9.97 Å². The summed E-state index contributed by atoms with van der Waals surface area (Å²) in [5.74, 6) is 0.226. The number of nitrogens with two attached hydrogens (primary N) is 1. The average Bonchev–Trinajstić information content (AvgIpc) is 3.12. The van der Waals surface area contributed by atoms with E-state index in [9.17, 15) is 18.6 Å². The fourth-order valence-electron chi connectivity index (χ4n) is 2.29. The standard InChI is InChI=1S/C17H16ClN3O4S2/c1-17(23,9-22)10-2-4-12(13(18)6-10)16-21-8-15(26-16)27(24,25)11-3-5-14(19)20-7-11/h2-8,22-23H,9H2,1H3,(H2,19,20)/t17-/m1/s1. The third-order valence-corrected chi connectivity index (χ3v) is 7.49. The monoisotopic (exact) mass is 425 g/mol. The summed E-state index contributed by atoms with van der Waals surface area (Å²) in [5, 5.41) is 20.1. The number of sulfone groups is 1. The molecule has 0 saturated carbocycles. The Morgan fingerprint density at radius 3 is 2.56 bits per heavy atom. The molecule has 0 amide bonds. The van der Waals surface area contributed by atoms with Crippen LogP contribution in [-0.2, 0) is 15.4 Å². The molecule has 0 bridgehead atoms. The van der Waals surface area contributed by atoms with Crippen molar-refractivity contribution in [2.45, 2.75) is 21.6 Å². The molecule has 27 heavy (non-hydrogen) atoms. The summed E-state index contributed by atoms with van der Waals surface area (Å²) in [6.07, 6.45) is 2.46. The van der Waals surface area contributed by atoms with E-state index in [1.54, 1.807) is 12.1 Å². The Bertz CT molecular complexity index is 1080. The number of nitrogens with zero attached hydrogens (tertiary/aromatic N) is 2. The highest BCUT2D eigenvalue weighted by Gasteiger charge is 2.25. The molecule has 7 nitrogen and oxygen atoms in total. The van der Waals surface area contributed by atoms with Gasteiger partial charge in [0.15, 0.2) is 0 Å². The summed E-state index contributed by atoms with van der Waals surface area (Å²) in [4.78, 5) is 8.00. The lowest BCUT2D eigenvalue weighted by atomic mass is 9.96. The van der Waals surface area contributed by atoms with Gasteiger partial charge in [0, 0.05) is 11.8 Å². The van der Waals surface area contributed by atoms with Crippen LogP contribution in [0.15, 0.2) is 51.8 Å². The highest BCUT2D eigenvalue weighted by Crippen LogP contribution is 2.36. The molecule has 0 aliphatic heterocycles. The van der Waals surface area contributed by atoms with E-state index in [0.717, 1.165) is 11.3 Å². The Kier molecular flexibility index (Phi) is 5.24. The summed E-state index contributed by atoms with van der Waals surface area (Å²) in [5.41, 5.74) is 5.03. The molecular formula is C17H16ClN3O4S2.